The molecule has 0 aliphatic carbocycles. The third-order valence-corrected chi connectivity index (χ3v) is 1.76. The summed E-state index contributed by atoms with van der Waals surface area (Å²) in [5.41, 5.74) is 0. The van der Waals surface area contributed by atoms with Crippen molar-refractivity contribution in [2.24, 2.45) is 5.92 Å². The van der Waals surface area contributed by atoms with Crippen LogP contribution in [0.4, 0.5) is 0 Å². The van der Waals surface area contributed by atoms with Crippen LogP contribution in [0.5, 0.6) is 0 Å². The summed E-state index contributed by atoms with van der Waals surface area (Å²) in [7, 11) is 0. The van der Waals surface area contributed by atoms with Gasteiger partial charge in [0.25, 0.3) is 0 Å². The first-order valence-corrected chi connectivity index (χ1v) is 3.93. The van der Waals surface area contributed by atoms with Crippen molar-refractivity contribution in [3.63, 3.8) is 0 Å². The molecule has 0 fully saturated rings. The van der Waals surface area contributed by atoms with Crippen molar-refractivity contribution in [2.75, 3.05) is 5.33 Å². The maximum atomic E-state index is 10.3. The van der Waals surface area contributed by atoms with Gasteiger partial charge in [-0.3, -0.25) is 4.79 Å². The van der Waals surface area contributed by atoms with E-state index in [0.29, 0.717) is 0 Å². The summed E-state index contributed by atoms with van der Waals surface area (Å²) in [5, 5.41) is 0.594. The van der Waals surface area contributed by atoms with Crippen LogP contribution in [0.2, 0.25) is 0 Å². The molecule has 0 rings (SSSR count). The van der Waals surface area contributed by atoms with Crippen LogP contribution >= 0.6 is 27.5 Å². The zero-order valence-electron chi connectivity index (χ0n) is 4.66. The van der Waals surface area contributed by atoms with Crippen molar-refractivity contribution in [1.29, 1.82) is 0 Å². The van der Waals surface area contributed by atoms with E-state index in [1.54, 1.807) is 0 Å². The lowest BCUT2D eigenvalue weighted by Gasteiger charge is -1.99. The second-order valence-corrected chi connectivity index (χ2v) is 2.85. The Balaban J connectivity index is 3.32. The Bertz CT molecular complexity index is 84.5. The Morgan fingerprint density at radius 3 is 2.50 bits per heavy atom. The van der Waals surface area contributed by atoms with E-state index in [1.165, 1.54) is 0 Å². The van der Waals surface area contributed by atoms with Crippen LogP contribution in [0, 0.1) is 5.92 Å². The molecule has 0 radical (unpaired) electrons. The Labute approximate surface area is 62.5 Å². The molecule has 0 aromatic heterocycles. The van der Waals surface area contributed by atoms with Crippen LogP contribution in [0.1, 0.15) is 13.3 Å². The second-order valence-electron chi connectivity index (χ2n) is 1.68. The molecule has 0 N–H and O–H groups in total. The van der Waals surface area contributed by atoms with E-state index in [1.807, 2.05) is 6.92 Å². The van der Waals surface area contributed by atoms with E-state index in [-0.39, 0.29) is 11.2 Å². The predicted molar refractivity (Wildman–Crippen MR) is 38.4 cm³/mol. The molecule has 0 bridgehead atoms. The van der Waals surface area contributed by atoms with Gasteiger partial charge in [-0.2, -0.15) is 0 Å². The van der Waals surface area contributed by atoms with Crippen molar-refractivity contribution < 1.29 is 4.79 Å². The number of halogens is 2. The molecule has 0 aliphatic rings. The van der Waals surface area contributed by atoms with Gasteiger partial charge in [-0.1, -0.05) is 22.9 Å². The first-order valence-electron chi connectivity index (χ1n) is 2.43. The Morgan fingerprint density at radius 1 is 1.88 bits per heavy atom. The highest BCUT2D eigenvalue weighted by molar-refractivity contribution is 9.09. The van der Waals surface area contributed by atoms with Gasteiger partial charge in [0.05, 0.1) is 0 Å². The lowest BCUT2D eigenvalue weighted by molar-refractivity contribution is -0.114. The largest absolute Gasteiger partial charge is 0.281 e. The van der Waals surface area contributed by atoms with Gasteiger partial charge in [-0.15, -0.1) is 0 Å². The summed E-state index contributed by atoms with van der Waals surface area (Å²) in [5.74, 6) is -0.00367. The molecule has 0 aliphatic heterocycles. The van der Waals surface area contributed by atoms with E-state index >= 15 is 0 Å². The number of hydrogen-bond acceptors (Lipinski definition) is 1. The highest BCUT2D eigenvalue weighted by atomic mass is 79.9. The highest BCUT2D eigenvalue weighted by Gasteiger charge is 2.06. The minimum atomic E-state index is -0.246. The molecule has 0 amide bonds. The van der Waals surface area contributed by atoms with Gasteiger partial charge in [-0.05, 0) is 18.0 Å². The van der Waals surface area contributed by atoms with Crippen LogP contribution in [0.15, 0.2) is 0 Å². The average molecular weight is 199 g/mol. The summed E-state index contributed by atoms with van der Waals surface area (Å²) < 4.78 is 0. The minimum Gasteiger partial charge on any atom is -0.281 e. The molecule has 0 saturated carbocycles. The van der Waals surface area contributed by atoms with Crippen molar-refractivity contribution in [2.45, 2.75) is 13.3 Å². The molecule has 48 valence electrons. The highest BCUT2D eigenvalue weighted by Crippen LogP contribution is 2.07. The third-order valence-electron chi connectivity index (χ3n) is 0.930. The van der Waals surface area contributed by atoms with Crippen molar-refractivity contribution in [3.05, 3.63) is 0 Å². The second kappa shape index (κ2) is 4.33. The van der Waals surface area contributed by atoms with E-state index in [9.17, 15) is 4.79 Å². The molecule has 0 aromatic carbocycles. The Hall–Kier alpha value is 0.440. The summed E-state index contributed by atoms with van der Waals surface area (Å²) in [6.45, 7) is 1.82. The normalized spacial score (nSPS) is 13.4. The van der Waals surface area contributed by atoms with E-state index in [2.05, 4.69) is 15.9 Å². The average Bonchev–Trinajstić information content (AvgIpc) is 1.67. The molecule has 1 unspecified atom stereocenters. The quantitative estimate of drug-likeness (QED) is 0.503. The Morgan fingerprint density at radius 2 is 2.38 bits per heavy atom. The summed E-state index contributed by atoms with van der Waals surface area (Å²) >= 11 is 8.35. The third kappa shape index (κ3) is 3.44. The fourth-order valence-corrected chi connectivity index (χ4v) is 1.07. The lowest BCUT2D eigenvalue weighted by atomic mass is 10.1. The standard InChI is InChI=1S/C5H8BrClO/c1-4(2-3-6)5(7)8/h4H,2-3H2,1H3. The molecule has 1 atom stereocenters. The topological polar surface area (TPSA) is 17.1 Å². The minimum absolute atomic E-state index is 0.00367. The van der Waals surface area contributed by atoms with Gasteiger partial charge in [0.2, 0.25) is 5.24 Å². The fourth-order valence-electron chi connectivity index (χ4n) is 0.277. The number of hydrogen-bond donors (Lipinski definition) is 0. The lowest BCUT2D eigenvalue weighted by Crippen LogP contribution is -2.03. The Kier molecular flexibility index (Phi) is 4.57. The van der Waals surface area contributed by atoms with Gasteiger partial charge < -0.3 is 0 Å². The molecular formula is C5H8BrClO. The van der Waals surface area contributed by atoms with Gasteiger partial charge >= 0.3 is 0 Å². The number of carbonyl (C=O) groups is 1. The van der Waals surface area contributed by atoms with Crippen LogP contribution in [0.25, 0.3) is 0 Å². The monoisotopic (exact) mass is 198 g/mol. The first-order chi connectivity index (χ1) is 3.68. The summed E-state index contributed by atoms with van der Waals surface area (Å²) in [4.78, 5) is 10.3. The smallest absolute Gasteiger partial charge is 0.224 e. The van der Waals surface area contributed by atoms with Crippen molar-refractivity contribution in [3.8, 4) is 0 Å². The fraction of sp³-hybridized carbons (Fsp3) is 0.800. The molecule has 0 saturated heterocycles. The summed E-state index contributed by atoms with van der Waals surface area (Å²) in [6, 6.07) is 0. The molecule has 3 heteroatoms. The maximum Gasteiger partial charge on any atom is 0.224 e. The van der Waals surface area contributed by atoms with Gasteiger partial charge in [0.15, 0.2) is 0 Å². The molecule has 0 aromatic rings. The molecule has 1 nitrogen and oxygen atoms in total. The molecular weight excluding hydrogens is 191 g/mol. The predicted octanol–water partition coefficient (Wildman–Crippen LogP) is 2.17. The number of rotatable bonds is 3. The van der Waals surface area contributed by atoms with E-state index in [0.717, 1.165) is 11.8 Å². The van der Waals surface area contributed by atoms with Crippen LogP contribution in [0.3, 0.4) is 0 Å². The number of carbonyl (C=O) groups excluding carboxylic acids is 1. The van der Waals surface area contributed by atoms with E-state index < -0.39 is 0 Å². The number of alkyl halides is 1. The zero-order chi connectivity index (χ0) is 6.57. The van der Waals surface area contributed by atoms with Gasteiger partial charge in [0, 0.05) is 11.2 Å². The first kappa shape index (κ1) is 8.44. The van der Waals surface area contributed by atoms with Gasteiger partial charge in [0.1, 0.15) is 0 Å². The van der Waals surface area contributed by atoms with Gasteiger partial charge in [-0.25, -0.2) is 0 Å². The maximum absolute atomic E-state index is 10.3. The summed E-state index contributed by atoms with van der Waals surface area (Å²) in [6.07, 6.45) is 0.822. The van der Waals surface area contributed by atoms with E-state index in [4.69, 9.17) is 11.6 Å². The molecule has 8 heavy (non-hydrogen) atoms. The van der Waals surface area contributed by atoms with Crippen molar-refractivity contribution >= 4 is 32.8 Å². The SMILES string of the molecule is CC(CCBr)C(=O)Cl. The van der Waals surface area contributed by atoms with Crippen molar-refractivity contribution in [1.82, 2.24) is 0 Å². The van der Waals surface area contributed by atoms with Crippen LogP contribution in [-0.2, 0) is 4.79 Å². The zero-order valence-corrected chi connectivity index (χ0v) is 7.00. The van der Waals surface area contributed by atoms with Crippen LogP contribution < -0.4 is 0 Å². The van der Waals surface area contributed by atoms with Crippen LogP contribution in [-0.4, -0.2) is 10.6 Å². The molecule has 0 spiro atoms. The molecule has 0 heterocycles.